The van der Waals surface area contributed by atoms with Gasteiger partial charge >= 0.3 is 0 Å². The molecule has 0 saturated heterocycles. The number of aryl methyl sites for hydroxylation is 1. The van der Waals surface area contributed by atoms with Gasteiger partial charge in [-0.05, 0) is 31.7 Å². The van der Waals surface area contributed by atoms with E-state index in [1.165, 1.54) is 4.88 Å². The molecule has 0 aliphatic carbocycles. The number of fused-ring (bicyclic) bond motifs is 1. The largest absolute Gasteiger partial charge is 0.366 e. The van der Waals surface area contributed by atoms with Gasteiger partial charge in [-0.1, -0.05) is 27.7 Å². The Labute approximate surface area is 131 Å². The van der Waals surface area contributed by atoms with Crippen molar-refractivity contribution in [3.8, 4) is 0 Å². The topological polar surface area (TPSA) is 49.8 Å². The van der Waals surface area contributed by atoms with Crippen LogP contribution in [0.15, 0.2) is 6.07 Å². The fraction of sp³-hybridized carbons (Fsp3) is 0.625. The van der Waals surface area contributed by atoms with E-state index in [0.29, 0.717) is 12.0 Å². The van der Waals surface area contributed by atoms with Gasteiger partial charge < -0.3 is 10.6 Å². The summed E-state index contributed by atoms with van der Waals surface area (Å²) in [7, 11) is 0. The van der Waals surface area contributed by atoms with E-state index in [-0.39, 0.29) is 0 Å². The fourth-order valence-electron chi connectivity index (χ4n) is 2.38. The highest BCUT2D eigenvalue weighted by atomic mass is 32.1. The summed E-state index contributed by atoms with van der Waals surface area (Å²) in [4.78, 5) is 11.7. The van der Waals surface area contributed by atoms with Crippen molar-refractivity contribution in [1.82, 2.24) is 9.97 Å². The molecule has 0 aliphatic rings. The van der Waals surface area contributed by atoms with E-state index in [4.69, 9.17) is 4.98 Å². The van der Waals surface area contributed by atoms with Gasteiger partial charge in [0.15, 0.2) is 0 Å². The molecule has 0 bridgehead atoms. The lowest BCUT2D eigenvalue weighted by molar-refractivity contribution is 0.510. The summed E-state index contributed by atoms with van der Waals surface area (Å²) in [6.45, 7) is 11.9. The quantitative estimate of drug-likeness (QED) is 0.780. The third-order valence-electron chi connectivity index (χ3n) is 3.62. The Morgan fingerprint density at radius 3 is 2.62 bits per heavy atom. The minimum Gasteiger partial charge on any atom is -0.366 e. The van der Waals surface area contributed by atoms with Gasteiger partial charge in [0.05, 0.1) is 5.39 Å². The smallest absolute Gasteiger partial charge is 0.226 e. The Bertz CT molecular complexity index is 591. The molecule has 0 amide bonds. The zero-order chi connectivity index (χ0) is 15.4. The average Bonchev–Trinajstić information content (AvgIpc) is 2.82. The zero-order valence-corrected chi connectivity index (χ0v) is 14.5. The summed E-state index contributed by atoms with van der Waals surface area (Å²) in [5.41, 5.74) is 0. The van der Waals surface area contributed by atoms with Gasteiger partial charge in [-0.2, -0.15) is 4.98 Å². The third-order valence-corrected chi connectivity index (χ3v) is 4.56. The maximum absolute atomic E-state index is 4.70. The van der Waals surface area contributed by atoms with E-state index in [0.717, 1.165) is 41.4 Å². The van der Waals surface area contributed by atoms with Crippen LogP contribution >= 0.6 is 11.3 Å². The SMILES string of the molecule is CCCNc1nc(NC(CC)C(C)C)c2cc(C)sc2n1. The lowest BCUT2D eigenvalue weighted by Gasteiger charge is -2.22. The molecule has 1 atom stereocenters. The first-order valence-corrected chi connectivity index (χ1v) is 8.65. The van der Waals surface area contributed by atoms with Crippen LogP contribution in [-0.2, 0) is 0 Å². The number of anilines is 2. The van der Waals surface area contributed by atoms with E-state index >= 15 is 0 Å². The first-order chi connectivity index (χ1) is 10.0. The maximum Gasteiger partial charge on any atom is 0.226 e. The minimum atomic E-state index is 0.433. The molecule has 21 heavy (non-hydrogen) atoms. The van der Waals surface area contributed by atoms with Crippen LogP contribution in [0.4, 0.5) is 11.8 Å². The van der Waals surface area contributed by atoms with Gasteiger partial charge in [-0.3, -0.25) is 0 Å². The van der Waals surface area contributed by atoms with Crippen molar-refractivity contribution in [2.75, 3.05) is 17.2 Å². The van der Waals surface area contributed by atoms with Crippen molar-refractivity contribution < 1.29 is 0 Å². The molecular formula is C16H26N4S. The van der Waals surface area contributed by atoms with Crippen LogP contribution in [0.2, 0.25) is 0 Å². The highest BCUT2D eigenvalue weighted by Gasteiger charge is 2.16. The van der Waals surface area contributed by atoms with Crippen LogP contribution in [0, 0.1) is 12.8 Å². The molecule has 0 aliphatic heterocycles. The summed E-state index contributed by atoms with van der Waals surface area (Å²) in [6, 6.07) is 2.61. The molecule has 5 heteroatoms. The number of aromatic nitrogens is 2. The zero-order valence-electron chi connectivity index (χ0n) is 13.7. The van der Waals surface area contributed by atoms with E-state index in [9.17, 15) is 0 Å². The second-order valence-corrected chi connectivity index (χ2v) is 7.04. The summed E-state index contributed by atoms with van der Waals surface area (Å²) in [5.74, 6) is 2.27. The Morgan fingerprint density at radius 2 is 2.00 bits per heavy atom. The molecule has 4 nitrogen and oxygen atoms in total. The van der Waals surface area contributed by atoms with Crippen LogP contribution < -0.4 is 10.6 Å². The maximum atomic E-state index is 4.70. The number of thiophene rings is 1. The Morgan fingerprint density at radius 1 is 1.24 bits per heavy atom. The van der Waals surface area contributed by atoms with E-state index in [1.807, 2.05) is 0 Å². The minimum absolute atomic E-state index is 0.433. The van der Waals surface area contributed by atoms with Crippen molar-refractivity contribution in [2.45, 2.75) is 53.5 Å². The van der Waals surface area contributed by atoms with Gasteiger partial charge in [-0.15, -0.1) is 11.3 Å². The van der Waals surface area contributed by atoms with E-state index in [1.54, 1.807) is 11.3 Å². The van der Waals surface area contributed by atoms with Crippen LogP contribution in [0.1, 0.15) is 45.4 Å². The highest BCUT2D eigenvalue weighted by molar-refractivity contribution is 7.18. The number of hydrogen-bond acceptors (Lipinski definition) is 5. The van der Waals surface area contributed by atoms with Crippen molar-refractivity contribution in [2.24, 2.45) is 5.92 Å². The van der Waals surface area contributed by atoms with Crippen LogP contribution in [0.3, 0.4) is 0 Å². The molecule has 0 aromatic carbocycles. The van der Waals surface area contributed by atoms with Gasteiger partial charge in [0.1, 0.15) is 10.6 Å². The van der Waals surface area contributed by atoms with E-state index in [2.05, 4.69) is 56.3 Å². The average molecular weight is 306 g/mol. The predicted molar refractivity (Wildman–Crippen MR) is 93.5 cm³/mol. The molecule has 2 rings (SSSR count). The molecule has 0 fully saturated rings. The van der Waals surface area contributed by atoms with Gasteiger partial charge in [0, 0.05) is 17.5 Å². The standard InChI is InChI=1S/C16H26N4S/c1-6-8-17-16-19-14(18-13(7-2)10(3)4)12-9-11(5)21-15(12)20-16/h9-10,13H,6-8H2,1-5H3,(H2,17,18,19,20). The number of nitrogens with one attached hydrogen (secondary N) is 2. The monoisotopic (exact) mass is 306 g/mol. The molecule has 2 heterocycles. The van der Waals surface area contributed by atoms with Gasteiger partial charge in [-0.25, -0.2) is 4.98 Å². The molecule has 0 spiro atoms. The van der Waals surface area contributed by atoms with Crippen molar-refractivity contribution >= 4 is 33.3 Å². The molecule has 2 aromatic rings. The van der Waals surface area contributed by atoms with Crippen LogP contribution in [-0.4, -0.2) is 22.6 Å². The number of hydrogen-bond donors (Lipinski definition) is 2. The molecule has 0 saturated carbocycles. The first-order valence-electron chi connectivity index (χ1n) is 7.83. The van der Waals surface area contributed by atoms with E-state index < -0.39 is 0 Å². The molecule has 116 valence electrons. The molecule has 2 aromatic heterocycles. The summed E-state index contributed by atoms with van der Waals surface area (Å²) < 4.78 is 0. The Hall–Kier alpha value is -1.36. The predicted octanol–water partition coefficient (Wildman–Crippen LogP) is 4.67. The van der Waals surface area contributed by atoms with Crippen molar-refractivity contribution in [3.05, 3.63) is 10.9 Å². The van der Waals surface area contributed by atoms with Gasteiger partial charge in [0.25, 0.3) is 0 Å². The Balaban J connectivity index is 2.38. The lowest BCUT2D eigenvalue weighted by atomic mass is 10.0. The number of rotatable bonds is 7. The second kappa shape index (κ2) is 7.07. The summed E-state index contributed by atoms with van der Waals surface area (Å²) in [6.07, 6.45) is 2.15. The second-order valence-electron chi connectivity index (χ2n) is 5.80. The van der Waals surface area contributed by atoms with Gasteiger partial charge in [0.2, 0.25) is 5.95 Å². The molecule has 0 radical (unpaired) electrons. The molecular weight excluding hydrogens is 280 g/mol. The van der Waals surface area contributed by atoms with Crippen molar-refractivity contribution in [3.63, 3.8) is 0 Å². The summed E-state index contributed by atoms with van der Waals surface area (Å²) in [5, 5.41) is 8.06. The third kappa shape index (κ3) is 3.84. The first kappa shape index (κ1) is 16.0. The normalized spacial score (nSPS) is 12.9. The lowest BCUT2D eigenvalue weighted by Crippen LogP contribution is -2.25. The highest BCUT2D eigenvalue weighted by Crippen LogP contribution is 2.30. The fourth-order valence-corrected chi connectivity index (χ4v) is 3.26. The molecule has 2 N–H and O–H groups in total. The Kier molecular flexibility index (Phi) is 5.39. The summed E-state index contributed by atoms with van der Waals surface area (Å²) >= 11 is 1.73. The van der Waals surface area contributed by atoms with Crippen molar-refractivity contribution in [1.29, 1.82) is 0 Å². The van der Waals surface area contributed by atoms with Crippen LogP contribution in [0.25, 0.3) is 10.2 Å². The van der Waals surface area contributed by atoms with Crippen LogP contribution in [0.5, 0.6) is 0 Å². The number of nitrogens with zero attached hydrogens (tertiary/aromatic N) is 2. The molecule has 1 unspecified atom stereocenters.